The highest BCUT2D eigenvalue weighted by Crippen LogP contribution is 2.38. The molecule has 0 unspecified atom stereocenters. The molecule has 0 aromatic heterocycles. The highest BCUT2D eigenvalue weighted by atomic mass is 79.9. The summed E-state index contributed by atoms with van der Waals surface area (Å²) < 4.78 is 17.5. The number of nitrogens with zero attached hydrogens (tertiary/aromatic N) is 1. The van der Waals surface area contributed by atoms with Gasteiger partial charge in [-0.15, -0.1) is 0 Å². The van der Waals surface area contributed by atoms with Crippen molar-refractivity contribution in [2.45, 2.75) is 6.61 Å². The summed E-state index contributed by atoms with van der Waals surface area (Å²) in [6.07, 6.45) is 1.60. The molecule has 0 aliphatic carbocycles. The van der Waals surface area contributed by atoms with Gasteiger partial charge in [-0.3, -0.25) is 0 Å². The van der Waals surface area contributed by atoms with Crippen molar-refractivity contribution in [1.82, 2.24) is 0 Å². The van der Waals surface area contributed by atoms with E-state index >= 15 is 0 Å². The minimum Gasteiger partial charge on any atom is -0.493 e. The van der Waals surface area contributed by atoms with E-state index in [0.717, 1.165) is 10.0 Å². The fourth-order valence-electron chi connectivity index (χ4n) is 3.00. The van der Waals surface area contributed by atoms with Gasteiger partial charge in [0.1, 0.15) is 6.61 Å². The first-order chi connectivity index (χ1) is 15.0. The van der Waals surface area contributed by atoms with Crippen molar-refractivity contribution in [2.24, 2.45) is 4.99 Å². The Hall–Kier alpha value is -3.09. The summed E-state index contributed by atoms with van der Waals surface area (Å²) in [5.74, 6) is 0.605. The smallest absolute Gasteiger partial charge is 0.363 e. The monoisotopic (exact) mass is 497 g/mol. The van der Waals surface area contributed by atoms with Crippen LogP contribution in [0.15, 0.2) is 81.9 Å². The van der Waals surface area contributed by atoms with E-state index in [-0.39, 0.29) is 11.6 Å². The summed E-state index contributed by atoms with van der Waals surface area (Å²) in [6, 6.07) is 20.6. The van der Waals surface area contributed by atoms with Gasteiger partial charge in [-0.1, -0.05) is 63.9 Å². The number of carbonyl (C=O) groups excluding carboxylic acids is 1. The summed E-state index contributed by atoms with van der Waals surface area (Å²) >= 11 is 9.85. The van der Waals surface area contributed by atoms with Crippen LogP contribution in [-0.4, -0.2) is 19.0 Å². The van der Waals surface area contributed by atoms with Crippen molar-refractivity contribution in [3.63, 3.8) is 0 Å². The Bertz CT molecular complexity index is 1190. The minimum absolute atomic E-state index is 0.172. The van der Waals surface area contributed by atoms with Crippen LogP contribution in [0.3, 0.4) is 0 Å². The van der Waals surface area contributed by atoms with E-state index in [1.54, 1.807) is 18.2 Å². The predicted molar refractivity (Wildman–Crippen MR) is 124 cm³/mol. The van der Waals surface area contributed by atoms with Crippen molar-refractivity contribution >= 4 is 45.5 Å². The van der Waals surface area contributed by atoms with Crippen LogP contribution in [-0.2, 0) is 16.1 Å². The zero-order valence-corrected chi connectivity index (χ0v) is 18.8. The van der Waals surface area contributed by atoms with Gasteiger partial charge < -0.3 is 14.2 Å². The normalized spacial score (nSPS) is 14.4. The van der Waals surface area contributed by atoms with Gasteiger partial charge in [0.2, 0.25) is 5.90 Å². The third-order valence-corrected chi connectivity index (χ3v) is 5.25. The first-order valence-corrected chi connectivity index (χ1v) is 10.5. The second kappa shape index (κ2) is 9.37. The van der Waals surface area contributed by atoms with Gasteiger partial charge in [-0.05, 0) is 47.5 Å². The summed E-state index contributed by atoms with van der Waals surface area (Å²) in [6.45, 7) is 0.351. The standard InChI is InChI=1S/C24H17BrClNO4/c1-29-21-12-16(10-19(26)22(21)30-14-15-6-3-2-4-7-15)11-20-24(28)31-23(27-20)17-8-5-9-18(25)13-17/h2-13H,14H2,1H3/b20-11-. The molecule has 5 nitrogen and oxygen atoms in total. The van der Waals surface area contributed by atoms with Gasteiger partial charge in [0.05, 0.1) is 12.1 Å². The molecule has 3 aromatic carbocycles. The fraction of sp³-hybridized carbons (Fsp3) is 0.0833. The number of hydrogen-bond acceptors (Lipinski definition) is 5. The Morgan fingerprint density at radius 2 is 1.90 bits per heavy atom. The van der Waals surface area contributed by atoms with Crippen LogP contribution in [0.1, 0.15) is 16.7 Å². The molecule has 0 bridgehead atoms. The summed E-state index contributed by atoms with van der Waals surface area (Å²) in [7, 11) is 1.53. The minimum atomic E-state index is -0.533. The average molecular weight is 499 g/mol. The van der Waals surface area contributed by atoms with Crippen LogP contribution < -0.4 is 9.47 Å². The van der Waals surface area contributed by atoms with Gasteiger partial charge in [-0.25, -0.2) is 9.79 Å². The molecule has 4 rings (SSSR count). The molecule has 3 aromatic rings. The number of aliphatic imine (C=N–C) groups is 1. The Kier molecular flexibility index (Phi) is 6.39. The molecule has 0 saturated carbocycles. The molecule has 0 spiro atoms. The van der Waals surface area contributed by atoms with Gasteiger partial charge in [-0.2, -0.15) is 0 Å². The van der Waals surface area contributed by atoms with E-state index in [9.17, 15) is 4.79 Å². The average Bonchev–Trinajstić information content (AvgIpc) is 3.13. The Morgan fingerprint density at radius 3 is 2.65 bits per heavy atom. The topological polar surface area (TPSA) is 57.1 Å². The van der Waals surface area contributed by atoms with E-state index in [2.05, 4.69) is 20.9 Å². The quantitative estimate of drug-likeness (QED) is 0.307. The Balaban J connectivity index is 1.60. The SMILES string of the molecule is COc1cc(/C=C2\N=C(c3cccc(Br)c3)OC2=O)cc(Cl)c1OCc1ccccc1. The summed E-state index contributed by atoms with van der Waals surface area (Å²) in [5, 5.41) is 0.365. The predicted octanol–water partition coefficient (Wildman–Crippen LogP) is 6.03. The number of methoxy groups -OCH3 is 1. The van der Waals surface area contributed by atoms with E-state index in [0.29, 0.717) is 34.3 Å². The molecule has 156 valence electrons. The molecule has 7 heteroatoms. The molecule has 1 heterocycles. The highest BCUT2D eigenvalue weighted by molar-refractivity contribution is 9.10. The second-order valence-electron chi connectivity index (χ2n) is 6.65. The molecule has 0 fully saturated rings. The number of benzene rings is 3. The lowest BCUT2D eigenvalue weighted by Crippen LogP contribution is -2.05. The first kappa shape index (κ1) is 21.2. The lowest BCUT2D eigenvalue weighted by Gasteiger charge is -2.13. The summed E-state index contributed by atoms with van der Waals surface area (Å²) in [4.78, 5) is 16.6. The molecule has 0 N–H and O–H groups in total. The summed E-state index contributed by atoms with van der Waals surface area (Å²) in [5.41, 5.74) is 2.52. The Morgan fingerprint density at radius 1 is 1.10 bits per heavy atom. The highest BCUT2D eigenvalue weighted by Gasteiger charge is 2.24. The maximum absolute atomic E-state index is 12.3. The fourth-order valence-corrected chi connectivity index (χ4v) is 3.68. The van der Waals surface area contributed by atoms with Crippen LogP contribution in [0.25, 0.3) is 6.08 Å². The van der Waals surface area contributed by atoms with E-state index in [1.807, 2.05) is 54.6 Å². The number of carbonyl (C=O) groups is 1. The maximum Gasteiger partial charge on any atom is 0.363 e. The molecule has 0 saturated heterocycles. The number of hydrogen-bond donors (Lipinski definition) is 0. The molecule has 0 radical (unpaired) electrons. The third kappa shape index (κ3) is 4.98. The van der Waals surface area contributed by atoms with E-state index in [1.165, 1.54) is 7.11 Å². The molecule has 31 heavy (non-hydrogen) atoms. The van der Waals surface area contributed by atoms with Gasteiger partial charge in [0.25, 0.3) is 0 Å². The van der Waals surface area contributed by atoms with Crippen molar-refractivity contribution in [3.8, 4) is 11.5 Å². The van der Waals surface area contributed by atoms with Gasteiger partial charge in [0.15, 0.2) is 17.2 Å². The van der Waals surface area contributed by atoms with Crippen LogP contribution in [0.5, 0.6) is 11.5 Å². The van der Waals surface area contributed by atoms with Crippen LogP contribution in [0.2, 0.25) is 5.02 Å². The van der Waals surface area contributed by atoms with Crippen molar-refractivity contribution in [3.05, 3.63) is 98.6 Å². The zero-order chi connectivity index (χ0) is 21.8. The maximum atomic E-state index is 12.3. The Labute approximate surface area is 193 Å². The van der Waals surface area contributed by atoms with Gasteiger partial charge >= 0.3 is 5.97 Å². The number of ether oxygens (including phenoxy) is 3. The molecule has 1 aliphatic rings. The van der Waals surface area contributed by atoms with Crippen molar-refractivity contribution < 1.29 is 19.0 Å². The number of cyclic esters (lactones) is 1. The first-order valence-electron chi connectivity index (χ1n) is 9.36. The zero-order valence-electron chi connectivity index (χ0n) is 16.5. The number of halogens is 2. The molecule has 0 amide bonds. The largest absolute Gasteiger partial charge is 0.493 e. The van der Waals surface area contributed by atoms with Crippen LogP contribution in [0, 0.1) is 0 Å². The van der Waals surface area contributed by atoms with Crippen molar-refractivity contribution in [2.75, 3.05) is 7.11 Å². The molecular weight excluding hydrogens is 482 g/mol. The number of rotatable bonds is 6. The number of esters is 1. The second-order valence-corrected chi connectivity index (χ2v) is 7.98. The van der Waals surface area contributed by atoms with Gasteiger partial charge in [0, 0.05) is 10.0 Å². The van der Waals surface area contributed by atoms with E-state index < -0.39 is 5.97 Å². The van der Waals surface area contributed by atoms with Crippen LogP contribution >= 0.6 is 27.5 Å². The molecular formula is C24H17BrClNO4. The van der Waals surface area contributed by atoms with Crippen LogP contribution in [0.4, 0.5) is 0 Å². The van der Waals surface area contributed by atoms with Crippen molar-refractivity contribution in [1.29, 1.82) is 0 Å². The molecule has 1 aliphatic heterocycles. The van der Waals surface area contributed by atoms with E-state index in [4.69, 9.17) is 25.8 Å². The lowest BCUT2D eigenvalue weighted by atomic mass is 10.1. The lowest BCUT2D eigenvalue weighted by molar-refractivity contribution is -0.129. The third-order valence-electron chi connectivity index (χ3n) is 4.47. The molecule has 0 atom stereocenters.